The van der Waals surface area contributed by atoms with E-state index in [4.69, 9.17) is 4.18 Å². The molecule has 3 rings (SSSR count). The molecule has 0 radical (unpaired) electrons. The minimum Gasteiger partial charge on any atom is -0.264 e. The lowest BCUT2D eigenvalue weighted by molar-refractivity contribution is -0.384. The molecule has 0 N–H and O–H groups in total. The van der Waals surface area contributed by atoms with E-state index in [0.29, 0.717) is 22.4 Å². The fraction of sp³-hybridized carbons (Fsp3) is 0.286. The maximum Gasteiger partial charge on any atom is 0.297 e. The average molecular weight is 395 g/mol. The molecule has 0 unspecified atom stereocenters. The minimum absolute atomic E-state index is 0.180. The second-order valence-electron chi connectivity index (χ2n) is 5.19. The Morgan fingerprint density at radius 3 is 2.62 bits per heavy atom. The van der Waals surface area contributed by atoms with Gasteiger partial charge in [-0.3, -0.25) is 19.3 Å². The van der Waals surface area contributed by atoms with Crippen LogP contribution in [0.25, 0.3) is 0 Å². The van der Waals surface area contributed by atoms with Gasteiger partial charge < -0.3 is 0 Å². The Kier molecular flexibility index (Phi) is 5.15. The van der Waals surface area contributed by atoms with Gasteiger partial charge in [-0.1, -0.05) is 11.3 Å². The number of aromatic nitrogens is 2. The second-order valence-corrected chi connectivity index (χ2v) is 7.78. The largest absolute Gasteiger partial charge is 0.297 e. The lowest BCUT2D eigenvalue weighted by Crippen LogP contribution is -2.10. The Morgan fingerprint density at radius 2 is 2.00 bits per heavy atom. The average Bonchev–Trinajstić information content (AvgIpc) is 3.12. The smallest absolute Gasteiger partial charge is 0.264 e. The first-order valence-electron chi connectivity index (χ1n) is 7.45. The molecule has 0 fully saturated rings. The standard InChI is InChI=1S/C14H13N5O5S2/c1-9(13-17-18-14(25-13)12-15-7-2-8-16-12)24-26(22,23)11-5-3-10(4-6-11)19(20)21/h3-7,9H,2,8H2,1H3/t9-/m1/s1. The zero-order chi connectivity index (χ0) is 18.7. The Balaban J connectivity index is 1.75. The van der Waals surface area contributed by atoms with E-state index < -0.39 is 21.1 Å². The number of aliphatic imine (C=N–C) groups is 2. The van der Waals surface area contributed by atoms with Crippen LogP contribution in [-0.4, -0.2) is 42.1 Å². The summed E-state index contributed by atoms with van der Waals surface area (Å²) in [5.41, 5.74) is -0.209. The van der Waals surface area contributed by atoms with Crippen molar-refractivity contribution in [3.63, 3.8) is 0 Å². The number of hydrogen-bond donors (Lipinski definition) is 0. The van der Waals surface area contributed by atoms with Crippen LogP contribution in [0.4, 0.5) is 5.69 Å². The van der Waals surface area contributed by atoms with Gasteiger partial charge in [0.25, 0.3) is 15.8 Å². The molecule has 1 aromatic heterocycles. The normalized spacial score (nSPS) is 15.5. The predicted molar refractivity (Wildman–Crippen MR) is 94.2 cm³/mol. The van der Waals surface area contributed by atoms with E-state index >= 15 is 0 Å². The molecular formula is C14H13N5O5S2. The maximum absolute atomic E-state index is 12.3. The number of benzene rings is 1. The van der Waals surface area contributed by atoms with Crippen molar-refractivity contribution < 1.29 is 17.5 Å². The first kappa shape index (κ1) is 18.2. The van der Waals surface area contributed by atoms with Gasteiger partial charge in [-0.2, -0.15) is 8.42 Å². The molecular weight excluding hydrogens is 382 g/mol. The molecule has 0 aliphatic carbocycles. The Morgan fingerprint density at radius 1 is 1.27 bits per heavy atom. The second kappa shape index (κ2) is 7.35. The van der Waals surface area contributed by atoms with E-state index in [1.165, 1.54) is 6.92 Å². The van der Waals surface area contributed by atoms with Crippen LogP contribution in [0.3, 0.4) is 0 Å². The third kappa shape index (κ3) is 3.98. The highest BCUT2D eigenvalue weighted by Gasteiger charge is 2.24. The van der Waals surface area contributed by atoms with Crippen molar-refractivity contribution in [2.45, 2.75) is 24.3 Å². The van der Waals surface area contributed by atoms with Gasteiger partial charge in [0.05, 0.1) is 9.82 Å². The van der Waals surface area contributed by atoms with Crippen LogP contribution in [0, 0.1) is 10.1 Å². The predicted octanol–water partition coefficient (Wildman–Crippen LogP) is 2.13. The molecule has 1 aliphatic rings. The number of nitro groups is 1. The lowest BCUT2D eigenvalue weighted by atomic mass is 10.3. The van der Waals surface area contributed by atoms with Gasteiger partial charge in [0.15, 0.2) is 10.8 Å². The molecule has 0 saturated carbocycles. The van der Waals surface area contributed by atoms with Crippen molar-refractivity contribution in [2.24, 2.45) is 9.98 Å². The molecule has 136 valence electrons. The van der Waals surface area contributed by atoms with E-state index in [1.807, 2.05) is 0 Å². The van der Waals surface area contributed by atoms with Gasteiger partial charge in [-0.25, -0.2) is 4.99 Å². The fourth-order valence-corrected chi connectivity index (χ4v) is 3.95. The molecule has 0 amide bonds. The van der Waals surface area contributed by atoms with Gasteiger partial charge >= 0.3 is 0 Å². The van der Waals surface area contributed by atoms with Crippen LogP contribution in [0.1, 0.15) is 29.5 Å². The molecule has 2 heterocycles. The maximum atomic E-state index is 12.3. The molecule has 2 aromatic rings. The van der Waals surface area contributed by atoms with Crippen molar-refractivity contribution in [2.75, 3.05) is 6.54 Å². The summed E-state index contributed by atoms with van der Waals surface area (Å²) in [6.45, 7) is 2.15. The zero-order valence-corrected chi connectivity index (χ0v) is 15.1. The van der Waals surface area contributed by atoms with E-state index in [9.17, 15) is 18.5 Å². The molecule has 0 saturated heterocycles. The van der Waals surface area contributed by atoms with Gasteiger partial charge in [-0.05, 0) is 19.1 Å². The molecule has 0 spiro atoms. The topological polar surface area (TPSA) is 137 Å². The molecule has 1 atom stereocenters. The van der Waals surface area contributed by atoms with Crippen LogP contribution < -0.4 is 0 Å². The summed E-state index contributed by atoms with van der Waals surface area (Å²) in [6, 6.07) is 4.45. The number of hydrogen-bond acceptors (Lipinski definition) is 10. The van der Waals surface area contributed by atoms with E-state index in [0.717, 1.165) is 42.0 Å². The van der Waals surface area contributed by atoms with Crippen molar-refractivity contribution in [1.29, 1.82) is 0 Å². The third-order valence-electron chi connectivity index (χ3n) is 3.32. The van der Waals surface area contributed by atoms with Crippen LogP contribution in [0.5, 0.6) is 0 Å². The summed E-state index contributed by atoms with van der Waals surface area (Å²) >= 11 is 1.14. The van der Waals surface area contributed by atoms with Crippen molar-refractivity contribution >= 4 is 39.2 Å². The SMILES string of the molecule is C[C@@H](OS(=O)(=O)c1ccc([N+](=O)[O-])cc1)c1nnc(C2=NCCC=N2)s1. The summed E-state index contributed by atoms with van der Waals surface area (Å²) in [5, 5.41) is 19.4. The number of rotatable bonds is 6. The highest BCUT2D eigenvalue weighted by molar-refractivity contribution is 7.86. The number of nitro benzene ring substituents is 1. The van der Waals surface area contributed by atoms with Gasteiger partial charge in [0.2, 0.25) is 0 Å². The van der Waals surface area contributed by atoms with Crippen molar-refractivity contribution in [1.82, 2.24) is 10.2 Å². The number of nitrogens with zero attached hydrogens (tertiary/aromatic N) is 5. The Hall–Kier alpha value is -2.57. The Labute approximate surface area is 152 Å². The number of amidine groups is 1. The van der Waals surface area contributed by atoms with Crippen LogP contribution in [0.15, 0.2) is 39.1 Å². The van der Waals surface area contributed by atoms with E-state index in [2.05, 4.69) is 20.2 Å². The van der Waals surface area contributed by atoms with E-state index in [-0.39, 0.29) is 10.6 Å². The van der Waals surface area contributed by atoms with Crippen molar-refractivity contribution in [3.8, 4) is 0 Å². The van der Waals surface area contributed by atoms with Gasteiger partial charge in [0, 0.05) is 31.3 Å². The summed E-state index contributed by atoms with van der Waals surface area (Å²) in [6.07, 6.45) is 1.62. The first-order chi connectivity index (χ1) is 12.4. The zero-order valence-electron chi connectivity index (χ0n) is 13.5. The highest BCUT2D eigenvalue weighted by atomic mass is 32.2. The van der Waals surface area contributed by atoms with Crippen LogP contribution in [0.2, 0.25) is 0 Å². The summed E-state index contributed by atoms with van der Waals surface area (Å²) in [5.74, 6) is 0.463. The van der Waals surface area contributed by atoms with Gasteiger partial charge in [0.1, 0.15) is 11.1 Å². The molecule has 0 bridgehead atoms. The summed E-state index contributed by atoms with van der Waals surface area (Å²) < 4.78 is 29.8. The van der Waals surface area contributed by atoms with Crippen LogP contribution >= 0.6 is 11.3 Å². The highest BCUT2D eigenvalue weighted by Crippen LogP contribution is 2.27. The lowest BCUT2D eigenvalue weighted by Gasteiger charge is -2.10. The molecule has 10 nitrogen and oxygen atoms in total. The van der Waals surface area contributed by atoms with E-state index in [1.54, 1.807) is 6.21 Å². The number of non-ortho nitro benzene ring substituents is 1. The molecule has 1 aliphatic heterocycles. The van der Waals surface area contributed by atoms with Crippen LogP contribution in [-0.2, 0) is 14.3 Å². The fourth-order valence-electron chi connectivity index (χ4n) is 2.05. The Bertz CT molecular complexity index is 981. The third-order valence-corrected chi connectivity index (χ3v) is 5.79. The molecule has 12 heteroatoms. The van der Waals surface area contributed by atoms with Crippen molar-refractivity contribution in [3.05, 3.63) is 44.4 Å². The monoisotopic (exact) mass is 395 g/mol. The summed E-state index contributed by atoms with van der Waals surface area (Å²) in [4.78, 5) is 18.2. The summed E-state index contributed by atoms with van der Waals surface area (Å²) in [7, 11) is -4.11. The minimum atomic E-state index is -4.11. The first-order valence-corrected chi connectivity index (χ1v) is 9.68. The quantitative estimate of drug-likeness (QED) is 0.415. The molecule has 26 heavy (non-hydrogen) atoms. The van der Waals surface area contributed by atoms with Gasteiger partial charge in [-0.15, -0.1) is 10.2 Å². The molecule has 1 aromatic carbocycles.